The standard InChI is InChI=1S/C30H35FN4O3S/c1-3-4-17-37-24-15-10-12-21(18-24)27-26(28(36)38-23-13-6-5-7-14-23)20(2)32-29-33-30(34-35(27)29)39-19-22-11-8-9-16-25(22)31/h8-12,15-16,18,23,27H,3-7,13-14,17,19H2,1-2H3,(H,32,33,34). The molecular weight excluding hydrogens is 515 g/mol. The summed E-state index contributed by atoms with van der Waals surface area (Å²) in [4.78, 5) is 18.3. The van der Waals surface area contributed by atoms with E-state index in [1.54, 1.807) is 16.8 Å². The molecule has 0 amide bonds. The van der Waals surface area contributed by atoms with E-state index in [2.05, 4.69) is 17.2 Å². The van der Waals surface area contributed by atoms with E-state index in [-0.39, 0.29) is 17.9 Å². The number of allylic oxidation sites excluding steroid dienone is 1. The number of carbonyl (C=O) groups is 1. The van der Waals surface area contributed by atoms with E-state index in [1.165, 1.54) is 24.2 Å². The van der Waals surface area contributed by atoms with Gasteiger partial charge in [-0.05, 0) is 68.4 Å². The van der Waals surface area contributed by atoms with Gasteiger partial charge in [0.2, 0.25) is 11.1 Å². The molecule has 1 fully saturated rings. The van der Waals surface area contributed by atoms with E-state index in [4.69, 9.17) is 14.6 Å². The SMILES string of the molecule is CCCCOc1cccc(C2C(C(=O)OC3CCCCC3)=C(C)Nc3nc(SCc4ccccc4F)nn32)c1. The summed E-state index contributed by atoms with van der Waals surface area (Å²) in [6.45, 7) is 4.63. The maximum absolute atomic E-state index is 14.2. The van der Waals surface area contributed by atoms with Crippen molar-refractivity contribution < 1.29 is 18.7 Å². The monoisotopic (exact) mass is 550 g/mol. The highest BCUT2D eigenvalue weighted by Gasteiger charge is 2.36. The van der Waals surface area contributed by atoms with E-state index >= 15 is 0 Å². The molecule has 3 aromatic rings. The van der Waals surface area contributed by atoms with Crippen molar-refractivity contribution in [2.45, 2.75) is 81.8 Å². The van der Waals surface area contributed by atoms with Gasteiger partial charge in [-0.2, -0.15) is 4.98 Å². The first-order valence-corrected chi connectivity index (χ1v) is 14.8. The molecule has 2 aromatic carbocycles. The van der Waals surface area contributed by atoms with Crippen LogP contribution in [0, 0.1) is 5.82 Å². The van der Waals surface area contributed by atoms with Gasteiger partial charge in [-0.25, -0.2) is 13.9 Å². The van der Waals surface area contributed by atoms with Crippen molar-refractivity contribution in [2.75, 3.05) is 11.9 Å². The Morgan fingerprint density at radius 1 is 1.15 bits per heavy atom. The number of anilines is 1. The maximum Gasteiger partial charge on any atom is 0.338 e. The smallest absolute Gasteiger partial charge is 0.338 e. The fraction of sp³-hybridized carbons (Fsp3) is 0.433. The number of halogens is 1. The third-order valence-electron chi connectivity index (χ3n) is 7.13. The average molecular weight is 551 g/mol. The number of nitrogens with zero attached hydrogens (tertiary/aromatic N) is 3. The van der Waals surface area contributed by atoms with Gasteiger partial charge < -0.3 is 14.8 Å². The number of hydrogen-bond donors (Lipinski definition) is 1. The number of fused-ring (bicyclic) bond motifs is 1. The number of benzene rings is 2. The normalized spacial score (nSPS) is 17.5. The molecule has 1 atom stereocenters. The number of rotatable bonds is 10. The van der Waals surface area contributed by atoms with Crippen molar-refractivity contribution in [1.82, 2.24) is 14.8 Å². The van der Waals surface area contributed by atoms with Crippen LogP contribution in [-0.2, 0) is 15.3 Å². The molecule has 39 heavy (non-hydrogen) atoms. The van der Waals surface area contributed by atoms with Crippen LogP contribution in [0.2, 0.25) is 0 Å². The van der Waals surface area contributed by atoms with Crippen LogP contribution in [-0.4, -0.2) is 33.4 Å². The highest BCUT2D eigenvalue weighted by Crippen LogP contribution is 2.38. The topological polar surface area (TPSA) is 78.3 Å². The number of thioether (sulfide) groups is 1. The third kappa shape index (κ3) is 6.46. The Morgan fingerprint density at radius 3 is 2.77 bits per heavy atom. The van der Waals surface area contributed by atoms with Crippen LogP contribution in [0.5, 0.6) is 5.75 Å². The largest absolute Gasteiger partial charge is 0.494 e. The van der Waals surface area contributed by atoms with Gasteiger partial charge in [0.15, 0.2) is 0 Å². The third-order valence-corrected chi connectivity index (χ3v) is 8.02. The second-order valence-electron chi connectivity index (χ2n) is 10.0. The van der Waals surface area contributed by atoms with Crippen molar-refractivity contribution in [3.8, 4) is 5.75 Å². The van der Waals surface area contributed by atoms with Crippen LogP contribution in [0.4, 0.5) is 10.3 Å². The molecular formula is C30H35FN4O3S. The molecule has 9 heteroatoms. The van der Waals surface area contributed by atoms with Crippen LogP contribution >= 0.6 is 11.8 Å². The Labute approximate surface area is 233 Å². The lowest BCUT2D eigenvalue weighted by Gasteiger charge is -2.30. The predicted octanol–water partition coefficient (Wildman–Crippen LogP) is 7.05. The number of carbonyl (C=O) groups excluding carboxylic acids is 1. The van der Waals surface area contributed by atoms with Gasteiger partial charge in [0, 0.05) is 11.4 Å². The molecule has 0 saturated heterocycles. The number of esters is 1. The van der Waals surface area contributed by atoms with Crippen LogP contribution in [0.1, 0.15) is 76.0 Å². The predicted molar refractivity (Wildman–Crippen MR) is 150 cm³/mol. The van der Waals surface area contributed by atoms with Crippen molar-refractivity contribution in [1.29, 1.82) is 0 Å². The molecule has 0 radical (unpaired) electrons. The molecule has 1 saturated carbocycles. The maximum atomic E-state index is 14.2. The van der Waals surface area contributed by atoms with Gasteiger partial charge in [-0.3, -0.25) is 0 Å². The van der Waals surface area contributed by atoms with Crippen molar-refractivity contribution in [3.63, 3.8) is 0 Å². The van der Waals surface area contributed by atoms with Crippen LogP contribution in [0.3, 0.4) is 0 Å². The van der Waals surface area contributed by atoms with Crippen molar-refractivity contribution in [3.05, 3.63) is 76.7 Å². The molecule has 7 nitrogen and oxygen atoms in total. The molecule has 2 heterocycles. The van der Waals surface area contributed by atoms with E-state index in [0.29, 0.717) is 40.3 Å². The number of nitrogens with one attached hydrogen (secondary N) is 1. The fourth-order valence-corrected chi connectivity index (χ4v) is 5.84. The van der Waals surface area contributed by atoms with Gasteiger partial charge in [0.25, 0.3) is 0 Å². The summed E-state index contributed by atoms with van der Waals surface area (Å²) < 4.78 is 27.9. The zero-order valence-corrected chi connectivity index (χ0v) is 23.3. The molecule has 2 aliphatic rings. The molecule has 1 N–H and O–H groups in total. The Balaban J connectivity index is 1.46. The lowest BCUT2D eigenvalue weighted by molar-refractivity contribution is -0.146. The zero-order valence-electron chi connectivity index (χ0n) is 22.5. The number of ether oxygens (including phenoxy) is 2. The molecule has 5 rings (SSSR count). The zero-order chi connectivity index (χ0) is 27.2. The minimum atomic E-state index is -0.539. The minimum Gasteiger partial charge on any atom is -0.494 e. The van der Waals surface area contributed by atoms with Crippen molar-refractivity contribution >= 4 is 23.7 Å². The Hall–Kier alpha value is -3.33. The summed E-state index contributed by atoms with van der Waals surface area (Å²) in [6.07, 6.45) is 7.05. The van der Waals surface area contributed by atoms with Gasteiger partial charge in [-0.15, -0.1) is 5.10 Å². The average Bonchev–Trinajstić information content (AvgIpc) is 3.35. The molecule has 1 aromatic heterocycles. The Kier molecular flexibility index (Phi) is 8.86. The van der Waals surface area contributed by atoms with Gasteiger partial charge in [0.1, 0.15) is 23.7 Å². The number of aromatic nitrogens is 3. The van der Waals surface area contributed by atoms with Gasteiger partial charge >= 0.3 is 5.97 Å². The highest BCUT2D eigenvalue weighted by molar-refractivity contribution is 7.98. The first-order valence-electron chi connectivity index (χ1n) is 13.8. The van der Waals surface area contributed by atoms with Gasteiger partial charge in [0.05, 0.1) is 12.2 Å². The fourth-order valence-electron chi connectivity index (χ4n) is 5.03. The number of unbranched alkanes of at least 4 members (excludes halogenated alkanes) is 1. The molecule has 1 unspecified atom stereocenters. The van der Waals surface area contributed by atoms with Crippen LogP contribution in [0.25, 0.3) is 0 Å². The minimum absolute atomic E-state index is 0.0695. The van der Waals surface area contributed by atoms with Gasteiger partial charge in [-0.1, -0.05) is 61.9 Å². The van der Waals surface area contributed by atoms with E-state index < -0.39 is 6.04 Å². The lowest BCUT2D eigenvalue weighted by Crippen LogP contribution is -2.32. The molecule has 206 valence electrons. The second kappa shape index (κ2) is 12.7. The molecule has 0 spiro atoms. The summed E-state index contributed by atoms with van der Waals surface area (Å²) in [5.74, 6) is 1.07. The van der Waals surface area contributed by atoms with E-state index in [1.807, 2.05) is 37.3 Å². The van der Waals surface area contributed by atoms with E-state index in [9.17, 15) is 9.18 Å². The molecule has 1 aliphatic carbocycles. The first kappa shape index (κ1) is 27.2. The summed E-state index contributed by atoms with van der Waals surface area (Å²) in [5.41, 5.74) is 2.64. The summed E-state index contributed by atoms with van der Waals surface area (Å²) in [6, 6.07) is 14.0. The summed E-state index contributed by atoms with van der Waals surface area (Å²) in [5, 5.41) is 8.53. The molecule has 0 bridgehead atoms. The van der Waals surface area contributed by atoms with E-state index in [0.717, 1.165) is 49.8 Å². The Morgan fingerprint density at radius 2 is 1.97 bits per heavy atom. The quantitative estimate of drug-likeness (QED) is 0.165. The Bertz CT molecular complexity index is 1340. The molecule has 1 aliphatic heterocycles. The summed E-state index contributed by atoms with van der Waals surface area (Å²) >= 11 is 1.35. The lowest BCUT2D eigenvalue weighted by atomic mass is 9.94. The summed E-state index contributed by atoms with van der Waals surface area (Å²) in [7, 11) is 0. The van der Waals surface area contributed by atoms with Crippen LogP contribution in [0.15, 0.2) is 65.0 Å². The van der Waals surface area contributed by atoms with Crippen molar-refractivity contribution in [2.24, 2.45) is 0 Å². The first-order chi connectivity index (χ1) is 19.0. The highest BCUT2D eigenvalue weighted by atomic mass is 32.2. The number of hydrogen-bond acceptors (Lipinski definition) is 7. The second-order valence-corrected chi connectivity index (χ2v) is 11.0. The van der Waals surface area contributed by atoms with Crippen LogP contribution < -0.4 is 10.1 Å².